The van der Waals surface area contributed by atoms with Crippen molar-refractivity contribution >= 4 is 0 Å². The number of rotatable bonds is 7. The van der Waals surface area contributed by atoms with Gasteiger partial charge in [-0.15, -0.1) is 0 Å². The minimum Gasteiger partial charge on any atom is -0.330 e. The lowest BCUT2D eigenvalue weighted by Crippen LogP contribution is -2.19. The molecule has 1 aromatic rings. The van der Waals surface area contributed by atoms with Crippen LogP contribution in [0.1, 0.15) is 38.7 Å². The monoisotopic (exact) mass is 237 g/mol. The van der Waals surface area contributed by atoms with Crippen LogP contribution in [0.15, 0.2) is 24.3 Å². The molecule has 1 nitrogen and oxygen atoms in total. The van der Waals surface area contributed by atoms with Crippen molar-refractivity contribution in [2.24, 2.45) is 17.6 Å². The molecule has 0 spiro atoms. The van der Waals surface area contributed by atoms with E-state index >= 15 is 0 Å². The summed E-state index contributed by atoms with van der Waals surface area (Å²) in [5.74, 6) is 1.08. The Morgan fingerprint density at radius 3 is 2.41 bits per heavy atom. The molecule has 0 aromatic heterocycles. The molecule has 1 aromatic carbocycles. The van der Waals surface area contributed by atoms with Crippen LogP contribution in [0.25, 0.3) is 0 Å². The van der Waals surface area contributed by atoms with Gasteiger partial charge in [0.2, 0.25) is 0 Å². The summed E-state index contributed by atoms with van der Waals surface area (Å²) in [5.41, 5.74) is 7.01. The van der Waals surface area contributed by atoms with Gasteiger partial charge in [-0.1, -0.05) is 38.8 Å². The molecular weight excluding hydrogens is 213 g/mol. The molecule has 0 aliphatic heterocycles. The van der Waals surface area contributed by atoms with Gasteiger partial charge in [-0.25, -0.2) is 4.39 Å². The average Bonchev–Trinajstić information content (AvgIpc) is 2.31. The predicted molar refractivity (Wildman–Crippen MR) is 71.3 cm³/mol. The lowest BCUT2D eigenvalue weighted by Gasteiger charge is -2.19. The predicted octanol–water partition coefficient (Wildman–Crippen LogP) is 3.77. The van der Waals surface area contributed by atoms with E-state index in [1.807, 2.05) is 12.1 Å². The number of benzene rings is 1. The fourth-order valence-corrected chi connectivity index (χ4v) is 2.40. The van der Waals surface area contributed by atoms with Crippen LogP contribution in [0.5, 0.6) is 0 Å². The SMILES string of the molecule is CCCC(C)CC(CN)Cc1ccc(F)cc1. The summed E-state index contributed by atoms with van der Waals surface area (Å²) in [6.07, 6.45) is 4.63. The topological polar surface area (TPSA) is 26.0 Å². The Morgan fingerprint density at radius 2 is 1.88 bits per heavy atom. The molecule has 17 heavy (non-hydrogen) atoms. The van der Waals surface area contributed by atoms with Crippen molar-refractivity contribution in [1.82, 2.24) is 0 Å². The first kappa shape index (κ1) is 14.2. The van der Waals surface area contributed by atoms with E-state index < -0.39 is 0 Å². The minimum absolute atomic E-state index is 0.169. The Balaban J connectivity index is 2.48. The van der Waals surface area contributed by atoms with Gasteiger partial charge in [0.1, 0.15) is 5.82 Å². The number of nitrogens with two attached hydrogens (primary N) is 1. The van der Waals surface area contributed by atoms with Crippen molar-refractivity contribution in [1.29, 1.82) is 0 Å². The van der Waals surface area contributed by atoms with E-state index in [1.165, 1.54) is 37.0 Å². The highest BCUT2D eigenvalue weighted by Crippen LogP contribution is 2.20. The largest absolute Gasteiger partial charge is 0.330 e. The fourth-order valence-electron chi connectivity index (χ4n) is 2.40. The molecule has 0 fully saturated rings. The van der Waals surface area contributed by atoms with Crippen LogP contribution in [-0.2, 0) is 6.42 Å². The van der Waals surface area contributed by atoms with Crippen LogP contribution >= 0.6 is 0 Å². The quantitative estimate of drug-likeness (QED) is 0.767. The second-order valence-electron chi connectivity index (χ2n) is 5.06. The van der Waals surface area contributed by atoms with Gasteiger partial charge in [0.05, 0.1) is 0 Å². The van der Waals surface area contributed by atoms with E-state index in [4.69, 9.17) is 5.73 Å². The molecule has 0 saturated heterocycles. The van der Waals surface area contributed by atoms with Gasteiger partial charge < -0.3 is 5.73 Å². The third-order valence-corrected chi connectivity index (χ3v) is 3.29. The van der Waals surface area contributed by atoms with Gasteiger partial charge in [0.25, 0.3) is 0 Å². The molecule has 0 radical (unpaired) electrons. The Hall–Kier alpha value is -0.890. The van der Waals surface area contributed by atoms with E-state index in [0.717, 1.165) is 12.3 Å². The van der Waals surface area contributed by atoms with E-state index in [2.05, 4.69) is 13.8 Å². The van der Waals surface area contributed by atoms with Crippen LogP contribution in [0, 0.1) is 17.7 Å². The van der Waals surface area contributed by atoms with Crippen molar-refractivity contribution < 1.29 is 4.39 Å². The standard InChI is InChI=1S/C15H24FN/c1-3-4-12(2)9-14(11-17)10-13-5-7-15(16)8-6-13/h5-8,12,14H,3-4,9-11,17H2,1-2H3. The van der Waals surface area contributed by atoms with Crippen molar-refractivity contribution in [3.05, 3.63) is 35.6 Å². The molecule has 0 bridgehead atoms. The zero-order valence-corrected chi connectivity index (χ0v) is 11.0. The average molecular weight is 237 g/mol. The third kappa shape index (κ3) is 5.31. The number of hydrogen-bond acceptors (Lipinski definition) is 1. The highest BCUT2D eigenvalue weighted by Gasteiger charge is 2.12. The summed E-state index contributed by atoms with van der Waals surface area (Å²) < 4.78 is 12.8. The number of halogens is 1. The molecule has 0 heterocycles. The van der Waals surface area contributed by atoms with E-state index in [-0.39, 0.29) is 5.82 Å². The third-order valence-electron chi connectivity index (χ3n) is 3.29. The lowest BCUT2D eigenvalue weighted by molar-refractivity contribution is 0.375. The second kappa shape index (κ2) is 7.44. The summed E-state index contributed by atoms with van der Waals surface area (Å²) in [7, 11) is 0. The van der Waals surface area contributed by atoms with Gasteiger partial charge in [-0.05, 0) is 48.9 Å². The summed E-state index contributed by atoms with van der Waals surface area (Å²) in [5, 5.41) is 0. The Bertz CT molecular complexity index is 307. The molecule has 2 atom stereocenters. The van der Waals surface area contributed by atoms with Gasteiger partial charge in [0.15, 0.2) is 0 Å². The highest BCUT2D eigenvalue weighted by molar-refractivity contribution is 5.16. The normalized spacial score (nSPS) is 14.6. The van der Waals surface area contributed by atoms with E-state index in [9.17, 15) is 4.39 Å². The molecule has 2 heteroatoms. The van der Waals surface area contributed by atoms with Crippen LogP contribution in [0.3, 0.4) is 0 Å². The summed E-state index contributed by atoms with van der Waals surface area (Å²) >= 11 is 0. The Kier molecular flexibility index (Phi) is 6.20. The van der Waals surface area contributed by atoms with Crippen molar-refractivity contribution in [3.63, 3.8) is 0 Å². The second-order valence-corrected chi connectivity index (χ2v) is 5.06. The maximum atomic E-state index is 12.8. The summed E-state index contributed by atoms with van der Waals surface area (Å²) in [6, 6.07) is 6.78. The molecule has 0 amide bonds. The van der Waals surface area contributed by atoms with Crippen LogP contribution in [0.4, 0.5) is 4.39 Å². The number of hydrogen-bond donors (Lipinski definition) is 1. The van der Waals surface area contributed by atoms with Crippen molar-refractivity contribution in [2.75, 3.05) is 6.54 Å². The lowest BCUT2D eigenvalue weighted by atomic mass is 9.88. The minimum atomic E-state index is -0.169. The van der Waals surface area contributed by atoms with Gasteiger partial charge in [-0.3, -0.25) is 0 Å². The molecule has 0 aliphatic rings. The van der Waals surface area contributed by atoms with Gasteiger partial charge in [0, 0.05) is 0 Å². The van der Waals surface area contributed by atoms with Crippen molar-refractivity contribution in [3.8, 4) is 0 Å². The van der Waals surface area contributed by atoms with Gasteiger partial charge in [-0.2, -0.15) is 0 Å². The maximum absolute atomic E-state index is 12.8. The Morgan fingerprint density at radius 1 is 1.24 bits per heavy atom. The highest BCUT2D eigenvalue weighted by atomic mass is 19.1. The zero-order chi connectivity index (χ0) is 12.7. The molecule has 96 valence electrons. The first-order chi connectivity index (χ1) is 8.15. The summed E-state index contributed by atoms with van der Waals surface area (Å²) in [6.45, 7) is 5.22. The summed E-state index contributed by atoms with van der Waals surface area (Å²) in [4.78, 5) is 0. The zero-order valence-electron chi connectivity index (χ0n) is 11.0. The van der Waals surface area contributed by atoms with E-state index in [1.54, 1.807) is 0 Å². The molecule has 0 saturated carbocycles. The molecule has 2 N–H and O–H groups in total. The molecule has 1 rings (SSSR count). The van der Waals surface area contributed by atoms with Crippen molar-refractivity contribution in [2.45, 2.75) is 39.5 Å². The first-order valence-corrected chi connectivity index (χ1v) is 6.60. The fraction of sp³-hybridized carbons (Fsp3) is 0.600. The van der Waals surface area contributed by atoms with Gasteiger partial charge >= 0.3 is 0 Å². The first-order valence-electron chi connectivity index (χ1n) is 6.60. The molecular formula is C15H24FN. The molecule has 2 unspecified atom stereocenters. The maximum Gasteiger partial charge on any atom is 0.123 e. The molecule has 0 aliphatic carbocycles. The van der Waals surface area contributed by atoms with Crippen LogP contribution in [-0.4, -0.2) is 6.54 Å². The van der Waals surface area contributed by atoms with Crippen LogP contribution in [0.2, 0.25) is 0 Å². The Labute approximate surface area is 104 Å². The van der Waals surface area contributed by atoms with Crippen LogP contribution < -0.4 is 5.73 Å². The smallest absolute Gasteiger partial charge is 0.123 e. The van der Waals surface area contributed by atoms with E-state index in [0.29, 0.717) is 12.5 Å².